The van der Waals surface area contributed by atoms with Crippen molar-refractivity contribution in [3.63, 3.8) is 0 Å². The van der Waals surface area contributed by atoms with Gasteiger partial charge in [-0.1, -0.05) is 24.3 Å². The van der Waals surface area contributed by atoms with Gasteiger partial charge < -0.3 is 8.21 Å². The van der Waals surface area contributed by atoms with Gasteiger partial charge in [-0.15, -0.1) is 0 Å². The fraction of sp³-hybridized carbons (Fsp3) is 0. The molecule has 0 aliphatic rings. The maximum atomic E-state index is 5.71. The Bertz CT molecular complexity index is 630. The van der Waals surface area contributed by atoms with Crippen LogP contribution in [0.25, 0.3) is 22.6 Å². The van der Waals surface area contributed by atoms with Gasteiger partial charge in [-0.2, -0.15) is 0 Å². The number of aromatic nitrogens is 1. The summed E-state index contributed by atoms with van der Waals surface area (Å²) in [6.07, 6.45) is 0. The lowest BCUT2D eigenvalue weighted by molar-refractivity contribution is 0.594. The van der Waals surface area contributed by atoms with Crippen LogP contribution >= 0.6 is 0 Å². The summed E-state index contributed by atoms with van der Waals surface area (Å²) in [5.74, 6) is 1.37. The van der Waals surface area contributed by atoms with E-state index in [2.05, 4.69) is 4.98 Å². The van der Waals surface area contributed by atoms with E-state index in [0.717, 1.165) is 22.4 Å². The molecule has 2 aromatic carbocycles. The first kappa shape index (κ1) is 10.4. The molecule has 0 amide bonds. The third-order valence-electron chi connectivity index (χ3n) is 2.57. The Morgan fingerprint density at radius 1 is 1.00 bits per heavy atom. The average Bonchev–Trinajstić information content (AvgIpc) is 2.82. The quantitative estimate of drug-likeness (QED) is 0.644. The van der Waals surface area contributed by atoms with Crippen LogP contribution in [0.1, 0.15) is 0 Å². The zero-order valence-electron chi connectivity index (χ0n) is 9.09. The molecule has 0 fully saturated rings. The Kier molecular flexibility index (Phi) is 2.60. The minimum atomic E-state index is 0.591. The van der Waals surface area contributed by atoms with Crippen LogP contribution in [0.15, 0.2) is 52.9 Å². The van der Waals surface area contributed by atoms with Crippen molar-refractivity contribution in [3.05, 3.63) is 48.5 Å². The number of nitrogens with zero attached hydrogens (tertiary/aromatic N) is 1. The summed E-state index contributed by atoms with van der Waals surface area (Å²) in [5.41, 5.74) is 2.52. The summed E-state index contributed by atoms with van der Waals surface area (Å²) >= 11 is 1.44. The Morgan fingerprint density at radius 3 is 2.59 bits per heavy atom. The van der Waals surface area contributed by atoms with Crippen molar-refractivity contribution < 1.29 is 8.21 Å². The lowest BCUT2D eigenvalue weighted by Crippen LogP contribution is -1.88. The van der Waals surface area contributed by atoms with Crippen molar-refractivity contribution in [1.82, 2.24) is 4.98 Å². The van der Waals surface area contributed by atoms with E-state index in [1.54, 1.807) is 0 Å². The highest BCUT2D eigenvalue weighted by molar-refractivity contribution is 6.00. The predicted octanol–water partition coefficient (Wildman–Crippen LogP) is 2.69. The van der Waals surface area contributed by atoms with Gasteiger partial charge in [0.15, 0.2) is 5.58 Å². The maximum absolute atomic E-state index is 5.71. The molecule has 0 spiro atoms. The molecule has 0 bridgehead atoms. The highest BCUT2D eigenvalue weighted by Crippen LogP contribution is 2.30. The molecular formula is C13H9AlNO2. The van der Waals surface area contributed by atoms with Crippen LogP contribution in [0.4, 0.5) is 0 Å². The van der Waals surface area contributed by atoms with E-state index >= 15 is 0 Å². The predicted molar refractivity (Wildman–Crippen MR) is 67.2 cm³/mol. The van der Waals surface area contributed by atoms with Crippen LogP contribution in [0, 0.1) is 0 Å². The molecule has 1 heterocycles. The number of hydrogen-bond donors (Lipinski definition) is 0. The third kappa shape index (κ3) is 1.82. The molecule has 0 saturated heterocycles. The molecule has 0 unspecified atom stereocenters. The number of oxazole rings is 1. The zero-order valence-corrected chi connectivity index (χ0v) is 10.5. The fourth-order valence-corrected chi connectivity index (χ4v) is 2.01. The summed E-state index contributed by atoms with van der Waals surface area (Å²) in [6.45, 7) is 0. The van der Waals surface area contributed by atoms with Gasteiger partial charge in [-0.25, -0.2) is 4.98 Å². The van der Waals surface area contributed by atoms with Gasteiger partial charge in [0.25, 0.3) is 0 Å². The maximum Gasteiger partial charge on any atom is 0.494 e. The SMILES string of the molecule is [AlH][O]c1ccccc1-c1nc2ccccc2o1. The van der Waals surface area contributed by atoms with Gasteiger partial charge in [0.2, 0.25) is 5.89 Å². The first-order chi connectivity index (χ1) is 8.38. The molecule has 1 aromatic heterocycles. The number of para-hydroxylation sites is 3. The van der Waals surface area contributed by atoms with E-state index < -0.39 is 0 Å². The third-order valence-corrected chi connectivity index (χ3v) is 2.88. The molecule has 3 aromatic rings. The Morgan fingerprint density at radius 2 is 1.76 bits per heavy atom. The average molecular weight is 238 g/mol. The van der Waals surface area contributed by atoms with Crippen LogP contribution in [0.2, 0.25) is 0 Å². The van der Waals surface area contributed by atoms with Crippen molar-refractivity contribution in [3.8, 4) is 17.2 Å². The first-order valence-electron chi connectivity index (χ1n) is 5.25. The molecule has 17 heavy (non-hydrogen) atoms. The second-order valence-corrected chi connectivity index (χ2v) is 3.92. The highest BCUT2D eigenvalue weighted by atomic mass is 27.1. The van der Waals surface area contributed by atoms with E-state index in [1.165, 1.54) is 16.6 Å². The molecule has 0 aliphatic heterocycles. The Labute approximate surface area is 107 Å². The lowest BCUT2D eigenvalue weighted by atomic mass is 10.2. The van der Waals surface area contributed by atoms with Crippen LogP contribution in [0.5, 0.6) is 5.75 Å². The smallest absolute Gasteiger partial charge is 0.494 e. The monoisotopic (exact) mass is 238 g/mol. The molecule has 0 saturated carbocycles. The number of hydrogen-bond acceptors (Lipinski definition) is 3. The lowest BCUT2D eigenvalue weighted by Gasteiger charge is -2.05. The largest absolute Gasteiger partial charge is 0.650 e. The normalized spacial score (nSPS) is 10.6. The van der Waals surface area contributed by atoms with E-state index in [1.807, 2.05) is 48.5 Å². The molecule has 81 valence electrons. The van der Waals surface area contributed by atoms with Crippen molar-refractivity contribution in [2.24, 2.45) is 0 Å². The van der Waals surface area contributed by atoms with E-state index in [-0.39, 0.29) is 0 Å². The summed E-state index contributed by atoms with van der Waals surface area (Å²) in [4.78, 5) is 4.45. The van der Waals surface area contributed by atoms with E-state index in [9.17, 15) is 0 Å². The van der Waals surface area contributed by atoms with Crippen LogP contribution in [-0.4, -0.2) is 21.6 Å². The number of fused-ring (bicyclic) bond motifs is 1. The molecule has 1 radical (unpaired) electrons. The standard InChI is InChI=1S/C13H9NO2.Al.H/c15-11-7-3-1-5-9(11)13-14-10-6-2-4-8-12(10)16-13;;/h1-8,15H;;/q;+1;/p-1. The van der Waals surface area contributed by atoms with Gasteiger partial charge in [-0.05, 0) is 24.3 Å². The van der Waals surface area contributed by atoms with Crippen LogP contribution in [-0.2, 0) is 0 Å². The first-order valence-corrected chi connectivity index (χ1v) is 5.83. The molecule has 4 heteroatoms. The van der Waals surface area contributed by atoms with Crippen LogP contribution < -0.4 is 3.79 Å². The molecule has 3 nitrogen and oxygen atoms in total. The topological polar surface area (TPSA) is 35.3 Å². The molecule has 3 rings (SSSR count). The van der Waals surface area contributed by atoms with Crippen molar-refractivity contribution >= 4 is 27.7 Å². The second-order valence-electron chi connectivity index (χ2n) is 3.63. The van der Waals surface area contributed by atoms with Crippen molar-refractivity contribution in [1.29, 1.82) is 0 Å². The Hall–Kier alpha value is -1.76. The van der Waals surface area contributed by atoms with Crippen LogP contribution in [0.3, 0.4) is 0 Å². The van der Waals surface area contributed by atoms with Crippen molar-refractivity contribution in [2.75, 3.05) is 0 Å². The summed E-state index contributed by atoms with van der Waals surface area (Å²) in [6, 6.07) is 15.4. The van der Waals surface area contributed by atoms with Crippen molar-refractivity contribution in [2.45, 2.75) is 0 Å². The molecule has 0 N–H and O–H groups in total. The minimum absolute atomic E-state index is 0.591. The van der Waals surface area contributed by atoms with Gasteiger partial charge in [-0.3, -0.25) is 0 Å². The Balaban J connectivity index is 2.20. The molecule has 0 atom stereocenters. The second kappa shape index (κ2) is 4.25. The summed E-state index contributed by atoms with van der Waals surface area (Å²) in [5, 5.41) is 0. The zero-order chi connectivity index (χ0) is 11.7. The van der Waals surface area contributed by atoms with E-state index in [4.69, 9.17) is 8.21 Å². The van der Waals surface area contributed by atoms with E-state index in [0.29, 0.717) is 5.89 Å². The minimum Gasteiger partial charge on any atom is -0.650 e. The van der Waals surface area contributed by atoms with Gasteiger partial charge in [0, 0.05) is 0 Å². The summed E-state index contributed by atoms with van der Waals surface area (Å²) < 4.78 is 11.0. The molecular weight excluding hydrogens is 229 g/mol. The highest BCUT2D eigenvalue weighted by Gasteiger charge is 2.11. The van der Waals surface area contributed by atoms with Gasteiger partial charge >= 0.3 is 16.6 Å². The summed E-state index contributed by atoms with van der Waals surface area (Å²) in [7, 11) is 0. The number of rotatable bonds is 2. The fourth-order valence-electron chi connectivity index (χ4n) is 1.76. The van der Waals surface area contributed by atoms with Gasteiger partial charge in [0.1, 0.15) is 5.52 Å². The van der Waals surface area contributed by atoms with Gasteiger partial charge in [0.05, 0.1) is 11.3 Å². The molecule has 0 aliphatic carbocycles. The number of benzene rings is 2.